The maximum absolute atomic E-state index is 5.06. The predicted molar refractivity (Wildman–Crippen MR) is 56.1 cm³/mol. The summed E-state index contributed by atoms with van der Waals surface area (Å²) in [5, 5.41) is 10.3. The Morgan fingerprint density at radius 2 is 2.43 bits per heavy atom. The molecule has 0 fully saturated rings. The molecule has 0 radical (unpaired) electrons. The number of nitrogens with zero attached hydrogens (tertiary/aromatic N) is 1. The molecule has 14 heavy (non-hydrogen) atoms. The molecule has 0 saturated heterocycles. The van der Waals surface area contributed by atoms with Crippen LogP contribution in [-0.4, -0.2) is 30.5 Å². The first-order valence-electron chi connectivity index (χ1n) is 4.92. The lowest BCUT2D eigenvalue weighted by Gasteiger charge is -2.10. The van der Waals surface area contributed by atoms with Crippen molar-refractivity contribution in [2.24, 2.45) is 5.92 Å². The molecule has 0 aliphatic rings. The fourth-order valence-electron chi connectivity index (χ4n) is 1.35. The summed E-state index contributed by atoms with van der Waals surface area (Å²) in [6, 6.07) is 0. The third kappa shape index (κ3) is 3.47. The summed E-state index contributed by atoms with van der Waals surface area (Å²) < 4.78 is 5.06. The molecule has 0 bridgehead atoms. The molecule has 1 aromatic heterocycles. The Morgan fingerprint density at radius 3 is 3.00 bits per heavy atom. The van der Waals surface area contributed by atoms with Gasteiger partial charge in [-0.25, -0.2) is 0 Å². The van der Waals surface area contributed by atoms with Crippen LogP contribution in [0.4, 0.5) is 0 Å². The van der Waals surface area contributed by atoms with Gasteiger partial charge in [-0.05, 0) is 12.8 Å². The van der Waals surface area contributed by atoms with E-state index in [9.17, 15) is 0 Å². The van der Waals surface area contributed by atoms with Crippen molar-refractivity contribution in [3.63, 3.8) is 0 Å². The number of rotatable bonds is 6. The Bertz CT molecular complexity index is 260. The minimum absolute atomic E-state index is 0.548. The molecule has 0 amide bonds. The van der Waals surface area contributed by atoms with Gasteiger partial charge in [0, 0.05) is 38.1 Å². The fraction of sp³-hybridized carbons (Fsp3) is 0.700. The van der Waals surface area contributed by atoms with E-state index in [2.05, 4.69) is 22.4 Å². The second kappa shape index (κ2) is 5.78. The highest BCUT2D eigenvalue weighted by Gasteiger charge is 2.02. The van der Waals surface area contributed by atoms with E-state index in [4.69, 9.17) is 4.74 Å². The van der Waals surface area contributed by atoms with Gasteiger partial charge in [0.25, 0.3) is 0 Å². The molecular weight excluding hydrogens is 178 g/mol. The van der Waals surface area contributed by atoms with E-state index in [0.29, 0.717) is 5.92 Å². The first-order chi connectivity index (χ1) is 6.74. The molecule has 1 rings (SSSR count). The molecule has 1 atom stereocenters. The number of aromatic nitrogens is 2. The van der Waals surface area contributed by atoms with E-state index >= 15 is 0 Å². The Kier molecular flexibility index (Phi) is 4.62. The van der Waals surface area contributed by atoms with Crippen molar-refractivity contribution < 1.29 is 4.74 Å². The van der Waals surface area contributed by atoms with Crippen LogP contribution in [0.15, 0.2) is 6.20 Å². The van der Waals surface area contributed by atoms with Gasteiger partial charge >= 0.3 is 0 Å². The molecule has 4 nitrogen and oxygen atoms in total. The third-order valence-corrected chi connectivity index (χ3v) is 2.19. The van der Waals surface area contributed by atoms with Crippen LogP contribution in [0.3, 0.4) is 0 Å². The summed E-state index contributed by atoms with van der Waals surface area (Å²) in [7, 11) is 1.73. The molecular formula is C10H19N3O. The molecule has 0 aliphatic carbocycles. The topological polar surface area (TPSA) is 49.9 Å². The van der Waals surface area contributed by atoms with Gasteiger partial charge in [0.1, 0.15) is 0 Å². The lowest BCUT2D eigenvalue weighted by atomic mass is 10.2. The maximum Gasteiger partial charge on any atom is 0.0535 e. The zero-order valence-corrected chi connectivity index (χ0v) is 9.13. The van der Waals surface area contributed by atoms with Gasteiger partial charge in [0.15, 0.2) is 0 Å². The molecule has 0 spiro atoms. The van der Waals surface area contributed by atoms with E-state index in [1.165, 1.54) is 5.56 Å². The Labute approximate surface area is 85.0 Å². The summed E-state index contributed by atoms with van der Waals surface area (Å²) in [6.07, 6.45) is 1.86. The minimum Gasteiger partial charge on any atom is -0.384 e. The normalized spacial score (nSPS) is 13.1. The summed E-state index contributed by atoms with van der Waals surface area (Å²) in [5.74, 6) is 0.548. The highest BCUT2D eigenvalue weighted by molar-refractivity contribution is 5.13. The molecule has 0 saturated carbocycles. The molecule has 1 unspecified atom stereocenters. The minimum atomic E-state index is 0.548. The summed E-state index contributed by atoms with van der Waals surface area (Å²) in [5.41, 5.74) is 2.37. The number of hydrogen-bond donors (Lipinski definition) is 2. The highest BCUT2D eigenvalue weighted by Crippen LogP contribution is 2.01. The Hall–Kier alpha value is -0.870. The number of aromatic amines is 1. The SMILES string of the molecule is COCC(C)CNCc1cn[nH]c1C. The number of aryl methyl sites for hydroxylation is 1. The van der Waals surface area contributed by atoms with Gasteiger partial charge in [-0.1, -0.05) is 6.92 Å². The van der Waals surface area contributed by atoms with Crippen LogP contribution in [-0.2, 0) is 11.3 Å². The second-order valence-electron chi connectivity index (χ2n) is 3.71. The van der Waals surface area contributed by atoms with Crippen molar-refractivity contribution in [2.75, 3.05) is 20.3 Å². The first-order valence-corrected chi connectivity index (χ1v) is 4.92. The van der Waals surface area contributed by atoms with Crippen molar-refractivity contribution in [3.05, 3.63) is 17.5 Å². The van der Waals surface area contributed by atoms with Gasteiger partial charge in [0.05, 0.1) is 6.20 Å². The Balaban J connectivity index is 2.19. The molecule has 80 valence electrons. The van der Waals surface area contributed by atoms with Crippen molar-refractivity contribution in [3.8, 4) is 0 Å². The molecule has 2 N–H and O–H groups in total. The monoisotopic (exact) mass is 197 g/mol. The van der Waals surface area contributed by atoms with E-state index in [1.807, 2.05) is 13.1 Å². The van der Waals surface area contributed by atoms with Crippen molar-refractivity contribution >= 4 is 0 Å². The predicted octanol–water partition coefficient (Wildman–Crippen LogP) is 1.09. The molecule has 1 aromatic rings. The molecule has 0 aromatic carbocycles. The number of H-pyrrole nitrogens is 1. The lowest BCUT2D eigenvalue weighted by molar-refractivity contribution is 0.158. The summed E-state index contributed by atoms with van der Waals surface area (Å²) >= 11 is 0. The molecule has 0 aliphatic heterocycles. The molecule has 4 heteroatoms. The van der Waals surface area contributed by atoms with Crippen molar-refractivity contribution in [1.82, 2.24) is 15.5 Å². The average Bonchev–Trinajstić information content (AvgIpc) is 2.52. The van der Waals surface area contributed by atoms with Crippen LogP contribution in [0.5, 0.6) is 0 Å². The first kappa shape index (κ1) is 11.2. The summed E-state index contributed by atoms with van der Waals surface area (Å²) in [6.45, 7) is 6.84. The van der Waals surface area contributed by atoms with Crippen LogP contribution in [0.1, 0.15) is 18.2 Å². The number of ether oxygens (including phenoxy) is 1. The largest absolute Gasteiger partial charge is 0.384 e. The highest BCUT2D eigenvalue weighted by atomic mass is 16.5. The van der Waals surface area contributed by atoms with Crippen molar-refractivity contribution in [2.45, 2.75) is 20.4 Å². The van der Waals surface area contributed by atoms with Gasteiger partial charge in [-0.3, -0.25) is 5.10 Å². The number of hydrogen-bond acceptors (Lipinski definition) is 3. The van der Waals surface area contributed by atoms with Gasteiger partial charge < -0.3 is 10.1 Å². The van der Waals surface area contributed by atoms with E-state index < -0.39 is 0 Å². The zero-order valence-electron chi connectivity index (χ0n) is 9.13. The maximum atomic E-state index is 5.06. The summed E-state index contributed by atoms with van der Waals surface area (Å²) in [4.78, 5) is 0. The van der Waals surface area contributed by atoms with Crippen LogP contribution in [0.2, 0.25) is 0 Å². The van der Waals surface area contributed by atoms with E-state index in [-0.39, 0.29) is 0 Å². The van der Waals surface area contributed by atoms with Crippen LogP contribution in [0, 0.1) is 12.8 Å². The van der Waals surface area contributed by atoms with Crippen molar-refractivity contribution in [1.29, 1.82) is 0 Å². The van der Waals surface area contributed by atoms with Gasteiger partial charge in [-0.2, -0.15) is 5.10 Å². The standard InChI is InChI=1S/C10H19N3O/c1-8(7-14-3)4-11-5-10-6-12-13-9(10)2/h6,8,11H,4-5,7H2,1-3H3,(H,12,13). The second-order valence-corrected chi connectivity index (χ2v) is 3.71. The molecule has 1 heterocycles. The van der Waals surface area contributed by atoms with Gasteiger partial charge in [0.2, 0.25) is 0 Å². The van der Waals surface area contributed by atoms with Gasteiger partial charge in [-0.15, -0.1) is 0 Å². The number of methoxy groups -OCH3 is 1. The van der Waals surface area contributed by atoms with Crippen LogP contribution >= 0.6 is 0 Å². The number of nitrogens with one attached hydrogen (secondary N) is 2. The van der Waals surface area contributed by atoms with Crippen LogP contribution < -0.4 is 5.32 Å². The lowest BCUT2D eigenvalue weighted by Crippen LogP contribution is -2.23. The fourth-order valence-corrected chi connectivity index (χ4v) is 1.35. The third-order valence-electron chi connectivity index (χ3n) is 2.19. The quantitative estimate of drug-likeness (QED) is 0.717. The van der Waals surface area contributed by atoms with E-state index in [1.54, 1.807) is 7.11 Å². The van der Waals surface area contributed by atoms with E-state index in [0.717, 1.165) is 25.4 Å². The Morgan fingerprint density at radius 1 is 1.64 bits per heavy atom. The zero-order chi connectivity index (χ0) is 10.4. The van der Waals surface area contributed by atoms with Crippen LogP contribution in [0.25, 0.3) is 0 Å². The average molecular weight is 197 g/mol. The smallest absolute Gasteiger partial charge is 0.0535 e.